The molecule has 0 fully saturated rings. The number of hydrogen-bond donors (Lipinski definition) is 2. The third-order valence-corrected chi connectivity index (χ3v) is 6.02. The number of nitrogens with one attached hydrogen (secondary N) is 1. The standard InChI is InChI=1S/C30H25NO3/c1-20-16-27(22-10-6-3-7-11-22)31-29(20)25-13-12-24-19-26(15-14-23(24)18-25)34-28(30(32)33)17-21-8-4-2-5-9-21/h2-16,18-19,28,31H,17H2,1H3,(H,32,33). The van der Waals surface area contributed by atoms with E-state index in [0.29, 0.717) is 12.2 Å². The highest BCUT2D eigenvalue weighted by Gasteiger charge is 2.20. The van der Waals surface area contributed by atoms with Gasteiger partial charge in [-0.1, -0.05) is 78.9 Å². The van der Waals surface area contributed by atoms with E-state index >= 15 is 0 Å². The Morgan fingerprint density at radius 1 is 0.824 bits per heavy atom. The Kier molecular flexibility index (Phi) is 5.88. The minimum Gasteiger partial charge on any atom is -0.478 e. The van der Waals surface area contributed by atoms with Gasteiger partial charge in [0.05, 0.1) is 0 Å². The van der Waals surface area contributed by atoms with E-state index in [2.05, 4.69) is 42.2 Å². The highest BCUT2D eigenvalue weighted by molar-refractivity contribution is 5.89. The summed E-state index contributed by atoms with van der Waals surface area (Å²) in [7, 11) is 0. The van der Waals surface area contributed by atoms with Crippen molar-refractivity contribution < 1.29 is 14.6 Å². The zero-order valence-electron chi connectivity index (χ0n) is 18.9. The number of aromatic nitrogens is 1. The maximum absolute atomic E-state index is 11.8. The first kappa shape index (κ1) is 21.5. The fraction of sp³-hybridized carbons (Fsp3) is 0.100. The molecule has 5 aromatic rings. The van der Waals surface area contributed by atoms with Gasteiger partial charge in [0.25, 0.3) is 0 Å². The molecule has 34 heavy (non-hydrogen) atoms. The normalized spacial score (nSPS) is 11.9. The predicted molar refractivity (Wildman–Crippen MR) is 136 cm³/mol. The Hall–Kier alpha value is -4.31. The average molecular weight is 448 g/mol. The summed E-state index contributed by atoms with van der Waals surface area (Å²) >= 11 is 0. The van der Waals surface area contributed by atoms with Crippen LogP contribution >= 0.6 is 0 Å². The minimum atomic E-state index is -0.976. The summed E-state index contributed by atoms with van der Waals surface area (Å²) in [5.41, 5.74) is 6.56. The van der Waals surface area contributed by atoms with E-state index in [0.717, 1.165) is 38.9 Å². The number of carbonyl (C=O) groups is 1. The first-order valence-electron chi connectivity index (χ1n) is 11.3. The van der Waals surface area contributed by atoms with Crippen molar-refractivity contribution in [1.82, 2.24) is 4.98 Å². The topological polar surface area (TPSA) is 62.3 Å². The van der Waals surface area contributed by atoms with Gasteiger partial charge in [-0.3, -0.25) is 0 Å². The van der Waals surface area contributed by atoms with Crippen molar-refractivity contribution in [2.45, 2.75) is 19.4 Å². The molecule has 0 aliphatic rings. The van der Waals surface area contributed by atoms with Crippen LogP contribution in [0.5, 0.6) is 5.75 Å². The SMILES string of the molecule is Cc1cc(-c2ccccc2)[nH]c1-c1ccc2cc(OC(Cc3ccccc3)C(=O)O)ccc2c1. The first-order valence-corrected chi connectivity index (χ1v) is 11.3. The number of ether oxygens (including phenoxy) is 1. The second-order valence-electron chi connectivity index (χ2n) is 8.47. The second kappa shape index (κ2) is 9.28. The molecular weight excluding hydrogens is 422 g/mol. The van der Waals surface area contributed by atoms with Gasteiger partial charge in [0.2, 0.25) is 0 Å². The van der Waals surface area contributed by atoms with Gasteiger partial charge in [0.15, 0.2) is 6.10 Å². The molecule has 4 aromatic carbocycles. The molecule has 0 radical (unpaired) electrons. The van der Waals surface area contributed by atoms with Crippen LogP contribution in [0.2, 0.25) is 0 Å². The van der Waals surface area contributed by atoms with Crippen molar-refractivity contribution in [1.29, 1.82) is 0 Å². The fourth-order valence-electron chi connectivity index (χ4n) is 4.26. The van der Waals surface area contributed by atoms with Crippen LogP contribution in [0.1, 0.15) is 11.1 Å². The summed E-state index contributed by atoms with van der Waals surface area (Å²) in [5, 5.41) is 11.7. The summed E-state index contributed by atoms with van der Waals surface area (Å²) < 4.78 is 5.87. The number of carboxylic acid groups (broad SMARTS) is 1. The third kappa shape index (κ3) is 4.57. The van der Waals surface area contributed by atoms with E-state index in [1.165, 1.54) is 5.56 Å². The minimum absolute atomic E-state index is 0.309. The lowest BCUT2D eigenvalue weighted by Crippen LogP contribution is -2.29. The Balaban J connectivity index is 1.40. The van der Waals surface area contributed by atoms with Gasteiger partial charge in [0, 0.05) is 17.8 Å². The molecule has 1 heterocycles. The molecule has 0 saturated heterocycles. The Labute approximate surface area is 198 Å². The number of carboxylic acids is 1. The molecule has 1 atom stereocenters. The summed E-state index contributed by atoms with van der Waals surface area (Å²) in [6.45, 7) is 2.11. The van der Waals surface area contributed by atoms with Crippen molar-refractivity contribution in [2.24, 2.45) is 0 Å². The largest absolute Gasteiger partial charge is 0.478 e. The monoisotopic (exact) mass is 447 g/mol. The lowest BCUT2D eigenvalue weighted by molar-refractivity contribution is -0.145. The molecule has 0 spiro atoms. The van der Waals surface area contributed by atoms with Crippen LogP contribution in [-0.4, -0.2) is 22.2 Å². The molecule has 0 saturated carbocycles. The van der Waals surface area contributed by atoms with Crippen molar-refractivity contribution in [3.63, 3.8) is 0 Å². The van der Waals surface area contributed by atoms with Gasteiger partial charge in [-0.25, -0.2) is 4.79 Å². The van der Waals surface area contributed by atoms with Crippen LogP contribution in [0.4, 0.5) is 0 Å². The van der Waals surface area contributed by atoms with Gasteiger partial charge in [-0.15, -0.1) is 0 Å². The molecule has 1 aromatic heterocycles. The number of aryl methyl sites for hydroxylation is 1. The van der Waals surface area contributed by atoms with Gasteiger partial charge >= 0.3 is 5.97 Å². The number of benzene rings is 4. The smallest absolute Gasteiger partial charge is 0.345 e. The van der Waals surface area contributed by atoms with Crippen LogP contribution in [0.15, 0.2) is 103 Å². The Morgan fingerprint density at radius 2 is 1.50 bits per heavy atom. The highest BCUT2D eigenvalue weighted by atomic mass is 16.5. The molecule has 5 rings (SSSR count). The first-order chi connectivity index (χ1) is 16.6. The average Bonchev–Trinajstić information content (AvgIpc) is 3.26. The maximum atomic E-state index is 11.8. The van der Waals surface area contributed by atoms with Crippen LogP contribution in [0, 0.1) is 6.92 Å². The van der Waals surface area contributed by atoms with Crippen molar-refractivity contribution in [3.8, 4) is 28.3 Å². The van der Waals surface area contributed by atoms with E-state index in [4.69, 9.17) is 4.74 Å². The van der Waals surface area contributed by atoms with E-state index in [1.54, 1.807) is 0 Å². The molecule has 0 aliphatic carbocycles. The molecule has 0 bridgehead atoms. The molecule has 0 amide bonds. The van der Waals surface area contributed by atoms with Crippen LogP contribution in [0.3, 0.4) is 0 Å². The third-order valence-electron chi connectivity index (χ3n) is 6.02. The molecule has 4 heteroatoms. The predicted octanol–water partition coefficient (Wildman–Crippen LogP) is 6.89. The molecular formula is C30H25NO3. The van der Waals surface area contributed by atoms with Crippen molar-refractivity contribution in [2.75, 3.05) is 0 Å². The molecule has 1 unspecified atom stereocenters. The van der Waals surface area contributed by atoms with Gasteiger partial charge in [-0.05, 0) is 64.2 Å². The summed E-state index contributed by atoms with van der Waals surface area (Å²) in [5.74, 6) is -0.429. The fourth-order valence-corrected chi connectivity index (χ4v) is 4.26. The summed E-state index contributed by atoms with van der Waals surface area (Å²) in [6.07, 6.45) is -0.639. The van der Waals surface area contributed by atoms with Crippen molar-refractivity contribution >= 4 is 16.7 Å². The second-order valence-corrected chi connectivity index (χ2v) is 8.47. The van der Waals surface area contributed by atoms with E-state index in [-0.39, 0.29) is 0 Å². The van der Waals surface area contributed by atoms with Crippen LogP contribution in [-0.2, 0) is 11.2 Å². The lowest BCUT2D eigenvalue weighted by Gasteiger charge is -2.16. The lowest BCUT2D eigenvalue weighted by atomic mass is 10.0. The van der Waals surface area contributed by atoms with Gasteiger partial charge in [0.1, 0.15) is 5.75 Å². The van der Waals surface area contributed by atoms with Gasteiger partial charge in [-0.2, -0.15) is 0 Å². The number of H-pyrrole nitrogens is 1. The molecule has 168 valence electrons. The number of aliphatic carboxylic acids is 1. The number of hydrogen-bond acceptors (Lipinski definition) is 2. The van der Waals surface area contributed by atoms with Crippen LogP contribution in [0.25, 0.3) is 33.3 Å². The number of fused-ring (bicyclic) bond motifs is 1. The maximum Gasteiger partial charge on any atom is 0.345 e. The summed E-state index contributed by atoms with van der Waals surface area (Å²) in [4.78, 5) is 15.3. The number of rotatable bonds is 7. The molecule has 2 N–H and O–H groups in total. The number of aromatic amines is 1. The molecule has 0 aliphatic heterocycles. The van der Waals surface area contributed by atoms with E-state index < -0.39 is 12.1 Å². The quantitative estimate of drug-likeness (QED) is 0.286. The van der Waals surface area contributed by atoms with Crippen LogP contribution < -0.4 is 4.74 Å². The Bertz CT molecular complexity index is 1440. The highest BCUT2D eigenvalue weighted by Crippen LogP contribution is 2.31. The summed E-state index contributed by atoms with van der Waals surface area (Å²) in [6, 6.07) is 34.0. The Morgan fingerprint density at radius 3 is 2.24 bits per heavy atom. The zero-order valence-corrected chi connectivity index (χ0v) is 18.9. The van der Waals surface area contributed by atoms with E-state index in [9.17, 15) is 9.90 Å². The zero-order chi connectivity index (χ0) is 23.5. The molecule has 4 nitrogen and oxygen atoms in total. The van der Waals surface area contributed by atoms with Crippen molar-refractivity contribution in [3.05, 3.63) is 114 Å². The van der Waals surface area contributed by atoms with Gasteiger partial charge < -0.3 is 14.8 Å². The van der Waals surface area contributed by atoms with E-state index in [1.807, 2.05) is 72.8 Å².